The first-order valence-electron chi connectivity index (χ1n) is 22.9. The van der Waals surface area contributed by atoms with Crippen molar-refractivity contribution in [2.24, 2.45) is 17.4 Å². The van der Waals surface area contributed by atoms with Gasteiger partial charge in [-0.2, -0.15) is 0 Å². The number of hydrazine groups is 2. The minimum Gasteiger partial charge on any atom is -0.512 e. The molecular formula is C41H78BN7NaO25. The number of ether oxygens (including phenoxy) is 7. The average molecular weight is 1100 g/mol. The second kappa shape index (κ2) is 42.6. The maximum absolute atomic E-state index is 11.8. The molecule has 0 bridgehead atoms. The zero-order chi connectivity index (χ0) is 56.0. The summed E-state index contributed by atoms with van der Waals surface area (Å²) in [5.41, 5.74) is 9.21. The summed E-state index contributed by atoms with van der Waals surface area (Å²) in [6, 6.07) is 0. The van der Waals surface area contributed by atoms with Gasteiger partial charge >= 0.3 is 29.6 Å². The van der Waals surface area contributed by atoms with Crippen molar-refractivity contribution in [1.82, 2.24) is 16.2 Å². The first kappa shape index (κ1) is 76.9. The summed E-state index contributed by atoms with van der Waals surface area (Å²) in [6.07, 6.45) is -25.2. The van der Waals surface area contributed by atoms with Gasteiger partial charge in [0.25, 0.3) is 0 Å². The molecule has 3 aliphatic rings. The number of rotatable bonds is 27. The quantitative estimate of drug-likeness (QED) is 0.00907. The molecule has 3 radical (unpaired) electrons. The predicted octanol–water partition coefficient (Wildman–Crippen LogP) is -14.0. The molecule has 0 aromatic carbocycles. The van der Waals surface area contributed by atoms with Crippen LogP contribution in [0.4, 0.5) is 0 Å². The Hall–Kier alpha value is -2.33. The summed E-state index contributed by atoms with van der Waals surface area (Å²) >= 11 is 0. The van der Waals surface area contributed by atoms with Gasteiger partial charge in [0.2, 0.25) is 17.7 Å². The van der Waals surface area contributed by atoms with E-state index >= 15 is 0 Å². The fourth-order valence-electron chi connectivity index (χ4n) is 6.76. The minimum absolute atomic E-state index is 0. The maximum Gasteiger partial charge on any atom is 1.00 e. The van der Waals surface area contributed by atoms with Crippen LogP contribution in [0.1, 0.15) is 57.8 Å². The van der Waals surface area contributed by atoms with Crippen LogP contribution in [0.5, 0.6) is 0 Å². The summed E-state index contributed by atoms with van der Waals surface area (Å²) in [6.45, 7) is 3.49. The number of nitrogens with two attached hydrogens (primary N) is 3. The molecule has 0 aromatic heterocycles. The smallest absolute Gasteiger partial charge is 0.512 e. The molecule has 0 spiro atoms. The van der Waals surface area contributed by atoms with Crippen LogP contribution < -0.4 is 63.1 Å². The number of nitrogens with one attached hydrogen (secondary N) is 3. The standard InChI is InChI=1S/C21H40N2O12.C13H24O11.C6H14N4O2.CN.B.Na/c1-33-10-14-18(30)19(31)20(32)21(35-14)34-9-13(26)17(29)16(28)12(25)6-7-23-15(27)5-3-2-4-11(24)8-22;1-21-2-4-6(14)9(17)11(19)13(24-4)22-3-5-7(15)8(16)10(18)12(20)23-5;7-9-5(11)3-1-2-4-6(12)10-8;1-2;;/h12-14,16-21,25-26,28-32H,2-10,22H2,1H3,(H,23,27);4-20H,2-3H2,1H3;1-4,7-8H2,(H,9,11)(H,10,12);;;/q;;;-1;;+1/t12?,13?,14?,16-,17-,18-,19+,20?,21+;4?,5?,6-,7-,8+,9+,10?,11?,12?,13+;;;;/m11..../s1. The van der Waals surface area contributed by atoms with Gasteiger partial charge < -0.3 is 128 Å². The number of Topliss-reactive ketones (excluding diaryl/α,β-unsaturated/α-hetero) is 1. The third kappa shape index (κ3) is 27.9. The Morgan fingerprint density at radius 1 is 0.560 bits per heavy atom. The van der Waals surface area contributed by atoms with Gasteiger partial charge in [0.1, 0.15) is 97.3 Å². The molecule has 3 heterocycles. The Kier molecular flexibility index (Phi) is 43.7. The van der Waals surface area contributed by atoms with E-state index < -0.39 is 130 Å². The van der Waals surface area contributed by atoms with Gasteiger partial charge in [-0.25, -0.2) is 11.7 Å². The molecule has 23 N–H and O–H groups in total. The van der Waals surface area contributed by atoms with Crippen LogP contribution in [0.15, 0.2) is 0 Å². The van der Waals surface area contributed by atoms with E-state index in [-0.39, 0.29) is 101 Å². The minimum atomic E-state index is -1.84. The molecule has 75 heavy (non-hydrogen) atoms. The number of aliphatic hydroxyl groups excluding tert-OH is 14. The van der Waals surface area contributed by atoms with Gasteiger partial charge in [-0.3, -0.25) is 30.0 Å². The first-order chi connectivity index (χ1) is 34.5. The zero-order valence-corrected chi connectivity index (χ0v) is 44.1. The Balaban J connectivity index is -0.00000112. The molecule has 32 nitrogen and oxygen atoms in total. The van der Waals surface area contributed by atoms with Crippen molar-refractivity contribution in [2.75, 3.05) is 53.7 Å². The molecular weight excluding hydrogens is 1020 g/mol. The number of ketones is 1. The van der Waals surface area contributed by atoms with E-state index in [1.165, 1.54) is 14.2 Å². The van der Waals surface area contributed by atoms with Crippen molar-refractivity contribution in [2.45, 2.75) is 174 Å². The number of nitrogens with zero attached hydrogens (tertiary/aromatic N) is 1. The molecule has 3 fully saturated rings. The number of unbranched alkanes of at least 4 members (excludes halogenated alkanes) is 2. The summed E-state index contributed by atoms with van der Waals surface area (Å²) in [5.74, 6) is 8.86. The number of hydrogen-bond acceptors (Lipinski definition) is 29. The summed E-state index contributed by atoms with van der Waals surface area (Å²) < 4.78 is 35.7. The van der Waals surface area contributed by atoms with Gasteiger partial charge in [-0.1, -0.05) is 0 Å². The fourth-order valence-corrected chi connectivity index (χ4v) is 6.76. The first-order valence-corrected chi connectivity index (χ1v) is 22.9. The molecule has 3 rings (SSSR count). The monoisotopic (exact) mass is 1100 g/mol. The fraction of sp³-hybridized carbons (Fsp3) is 0.878. The van der Waals surface area contributed by atoms with Crippen LogP contribution in [0.2, 0.25) is 0 Å². The Morgan fingerprint density at radius 3 is 1.37 bits per heavy atom. The van der Waals surface area contributed by atoms with E-state index in [1.54, 1.807) is 0 Å². The molecule has 431 valence electrons. The number of carbonyl (C=O) groups excluding carboxylic acids is 4. The molecule has 9 unspecified atom stereocenters. The van der Waals surface area contributed by atoms with Crippen LogP contribution >= 0.6 is 0 Å². The molecule has 0 aliphatic carbocycles. The predicted molar refractivity (Wildman–Crippen MR) is 246 cm³/mol. The maximum atomic E-state index is 11.8. The van der Waals surface area contributed by atoms with Crippen LogP contribution in [0.3, 0.4) is 0 Å². The van der Waals surface area contributed by atoms with E-state index in [2.05, 4.69) is 5.32 Å². The summed E-state index contributed by atoms with van der Waals surface area (Å²) in [7, 11) is 2.71. The Morgan fingerprint density at radius 2 is 0.947 bits per heavy atom. The molecule has 0 saturated carbocycles. The second-order valence-electron chi connectivity index (χ2n) is 16.7. The van der Waals surface area contributed by atoms with Crippen LogP contribution in [-0.4, -0.2) is 274 Å². The van der Waals surface area contributed by atoms with Gasteiger partial charge in [-0.05, 0) is 32.1 Å². The molecule has 0 aromatic rings. The van der Waals surface area contributed by atoms with Crippen LogP contribution in [-0.2, 0) is 52.3 Å². The zero-order valence-electron chi connectivity index (χ0n) is 42.1. The van der Waals surface area contributed by atoms with Crippen molar-refractivity contribution in [3.8, 4) is 0 Å². The van der Waals surface area contributed by atoms with Crippen molar-refractivity contribution >= 4 is 31.9 Å². The number of hydrogen-bond donors (Lipinski definition) is 20. The normalized spacial score (nSPS) is 30.7. The molecule has 3 aliphatic heterocycles. The molecule has 3 amide bonds. The molecule has 3 saturated heterocycles. The number of carbonyl (C=O) groups is 4. The van der Waals surface area contributed by atoms with Crippen molar-refractivity contribution in [3.63, 3.8) is 0 Å². The number of amides is 3. The van der Waals surface area contributed by atoms with Crippen molar-refractivity contribution in [3.05, 3.63) is 6.57 Å². The van der Waals surface area contributed by atoms with Gasteiger partial charge in [-0.15, -0.1) is 0 Å². The van der Waals surface area contributed by atoms with Gasteiger partial charge in [0.15, 0.2) is 18.9 Å². The van der Waals surface area contributed by atoms with E-state index in [0.29, 0.717) is 44.9 Å². The molecule has 34 heteroatoms. The van der Waals surface area contributed by atoms with E-state index in [4.69, 9.17) is 62.4 Å². The third-order valence-electron chi connectivity index (χ3n) is 11.2. The second-order valence-corrected chi connectivity index (χ2v) is 16.7. The SMILES string of the molecule is COCC1O[C@H](OCC(O)[C@@H](O)[C@H](O)C(O)CCNC(=O)CCCCC(=O)CN)C(O)[C@@H](O)[C@@H]1O.COCC1O[C@H](OCC2OC(O)C(O)[C@@H](O)[C@@H]2O)C(O)[C@@H](O)[C@@H]1O.NNC(=O)CCCCC(=O)NN.[B].[C-]#N.[Na+]. The number of methoxy groups -OCH3 is 2. The third-order valence-corrected chi connectivity index (χ3v) is 11.2. The summed E-state index contributed by atoms with van der Waals surface area (Å²) in [5, 5.41) is 147. The van der Waals surface area contributed by atoms with Crippen molar-refractivity contribution in [1.29, 1.82) is 5.26 Å². The van der Waals surface area contributed by atoms with E-state index in [0.717, 1.165) is 0 Å². The number of aliphatic hydroxyl groups is 14. The Bertz CT molecular complexity index is 1550. The van der Waals surface area contributed by atoms with Crippen molar-refractivity contribution < 1.29 is 153 Å². The van der Waals surface area contributed by atoms with E-state index in [9.17, 15) is 90.7 Å². The van der Waals surface area contributed by atoms with Crippen LogP contribution in [0.25, 0.3) is 0 Å². The van der Waals surface area contributed by atoms with Crippen LogP contribution in [0, 0.1) is 11.8 Å². The largest absolute Gasteiger partial charge is 1.00 e. The summed E-state index contributed by atoms with van der Waals surface area (Å²) in [4.78, 5) is 44.0. The Labute approximate surface area is 457 Å². The van der Waals surface area contributed by atoms with Gasteiger partial charge in [0, 0.05) is 54.9 Å². The van der Waals surface area contributed by atoms with E-state index in [1.807, 2.05) is 10.9 Å². The molecule has 19 atom stereocenters. The van der Waals surface area contributed by atoms with Gasteiger partial charge in [0.05, 0.1) is 39.1 Å². The topological polar surface area (TPSA) is 554 Å². The average Bonchev–Trinajstić information content (AvgIpc) is 3.39.